The molecule has 0 amide bonds. The van der Waals surface area contributed by atoms with E-state index in [1.54, 1.807) is 12.1 Å². The van der Waals surface area contributed by atoms with Crippen molar-refractivity contribution in [2.24, 2.45) is 0 Å². The Bertz CT molecular complexity index is 629. The van der Waals surface area contributed by atoms with Gasteiger partial charge in [-0.25, -0.2) is 0 Å². The van der Waals surface area contributed by atoms with Crippen LogP contribution in [0.1, 0.15) is 16.7 Å². The third-order valence-electron chi connectivity index (χ3n) is 3.03. The minimum atomic E-state index is -2.85. The molecule has 2 aromatic rings. The summed E-state index contributed by atoms with van der Waals surface area (Å²) in [4.78, 5) is 0. The molecule has 1 unspecified atom stereocenters. The molecule has 2 aromatic carbocycles. The second-order valence-corrected chi connectivity index (χ2v) is 6.14. The van der Waals surface area contributed by atoms with Gasteiger partial charge in [0.2, 0.25) is 0 Å². The summed E-state index contributed by atoms with van der Waals surface area (Å²) >= 11 is 0. The molecule has 0 aromatic heterocycles. The summed E-state index contributed by atoms with van der Waals surface area (Å²) in [7, 11) is -1.10. The van der Waals surface area contributed by atoms with Gasteiger partial charge in [-0.15, -0.1) is 0 Å². The number of halogens is 2. The first-order chi connectivity index (χ1) is 10.0. The molecule has 0 fully saturated rings. The maximum atomic E-state index is 12.2. The summed E-state index contributed by atoms with van der Waals surface area (Å²) < 4.78 is 40.9. The molecule has 0 spiro atoms. The molecular weight excluding hydrogens is 294 g/mol. The van der Waals surface area contributed by atoms with E-state index in [0.717, 1.165) is 16.7 Å². The summed E-state index contributed by atoms with van der Waals surface area (Å²) in [5, 5.41) is 0. The van der Waals surface area contributed by atoms with Crippen molar-refractivity contribution in [3.63, 3.8) is 0 Å². The molecule has 5 heteroatoms. The van der Waals surface area contributed by atoms with E-state index in [-0.39, 0.29) is 5.75 Å². The lowest BCUT2D eigenvalue weighted by molar-refractivity contribution is -0.0498. The highest BCUT2D eigenvalue weighted by Crippen LogP contribution is 2.18. The first-order valence-corrected chi connectivity index (χ1v) is 7.96. The second-order valence-electron chi connectivity index (χ2n) is 4.68. The minimum Gasteiger partial charge on any atom is -0.435 e. The zero-order valence-corrected chi connectivity index (χ0v) is 12.4. The van der Waals surface area contributed by atoms with Crippen LogP contribution in [0, 0.1) is 6.92 Å². The van der Waals surface area contributed by atoms with Crippen molar-refractivity contribution >= 4 is 10.8 Å². The first-order valence-electron chi connectivity index (χ1n) is 6.48. The third-order valence-corrected chi connectivity index (χ3v) is 4.32. The highest BCUT2D eigenvalue weighted by atomic mass is 32.2. The van der Waals surface area contributed by atoms with Crippen molar-refractivity contribution in [3.8, 4) is 5.75 Å². The summed E-state index contributed by atoms with van der Waals surface area (Å²) in [5.41, 5.74) is 2.86. The van der Waals surface area contributed by atoms with Crippen LogP contribution in [0.5, 0.6) is 5.75 Å². The summed E-state index contributed by atoms with van der Waals surface area (Å²) in [6.45, 7) is -0.874. The lowest BCUT2D eigenvalue weighted by Crippen LogP contribution is -2.04. The van der Waals surface area contributed by atoms with Gasteiger partial charge in [-0.2, -0.15) is 8.78 Å². The van der Waals surface area contributed by atoms with E-state index in [4.69, 9.17) is 0 Å². The van der Waals surface area contributed by atoms with Gasteiger partial charge >= 0.3 is 6.61 Å². The Morgan fingerprint density at radius 2 is 1.86 bits per heavy atom. The number of rotatable bonds is 6. The van der Waals surface area contributed by atoms with E-state index < -0.39 is 17.4 Å². The highest BCUT2D eigenvalue weighted by molar-refractivity contribution is 7.83. The van der Waals surface area contributed by atoms with Crippen molar-refractivity contribution < 1.29 is 17.7 Å². The highest BCUT2D eigenvalue weighted by Gasteiger charge is 2.08. The zero-order chi connectivity index (χ0) is 15.2. The fourth-order valence-electron chi connectivity index (χ4n) is 1.99. The Hall–Kier alpha value is -1.75. The van der Waals surface area contributed by atoms with Gasteiger partial charge in [0.1, 0.15) is 5.75 Å². The lowest BCUT2D eigenvalue weighted by Gasteiger charge is -2.08. The van der Waals surface area contributed by atoms with E-state index >= 15 is 0 Å². The van der Waals surface area contributed by atoms with Gasteiger partial charge in [-0.3, -0.25) is 4.21 Å². The van der Waals surface area contributed by atoms with Gasteiger partial charge in [-0.1, -0.05) is 36.4 Å². The fourth-order valence-corrected chi connectivity index (χ4v) is 3.32. The van der Waals surface area contributed by atoms with E-state index in [1.807, 2.05) is 31.2 Å². The molecule has 0 aliphatic carbocycles. The van der Waals surface area contributed by atoms with Crippen LogP contribution in [0.4, 0.5) is 8.78 Å². The molecule has 0 radical (unpaired) electrons. The van der Waals surface area contributed by atoms with Crippen molar-refractivity contribution in [1.82, 2.24) is 0 Å². The molecule has 2 nitrogen and oxygen atoms in total. The minimum absolute atomic E-state index is 0.0930. The normalized spacial score (nSPS) is 12.4. The Morgan fingerprint density at radius 3 is 2.57 bits per heavy atom. The molecule has 0 N–H and O–H groups in total. The van der Waals surface area contributed by atoms with Crippen molar-refractivity contribution in [3.05, 3.63) is 65.2 Å². The summed E-state index contributed by atoms with van der Waals surface area (Å²) in [6, 6.07) is 14.1. The van der Waals surface area contributed by atoms with Gasteiger partial charge in [0.25, 0.3) is 0 Å². The van der Waals surface area contributed by atoms with E-state index in [9.17, 15) is 13.0 Å². The van der Waals surface area contributed by atoms with Crippen LogP contribution in [0.15, 0.2) is 48.5 Å². The first kappa shape index (κ1) is 15.6. The third kappa shape index (κ3) is 4.93. The number of benzene rings is 2. The molecule has 0 heterocycles. The molecule has 0 bridgehead atoms. The van der Waals surface area contributed by atoms with Crippen molar-refractivity contribution in [2.45, 2.75) is 25.0 Å². The lowest BCUT2D eigenvalue weighted by atomic mass is 10.1. The van der Waals surface area contributed by atoms with E-state index in [1.165, 1.54) is 12.1 Å². The predicted molar refractivity (Wildman–Crippen MR) is 79.8 cm³/mol. The van der Waals surface area contributed by atoms with Crippen molar-refractivity contribution in [1.29, 1.82) is 0 Å². The zero-order valence-electron chi connectivity index (χ0n) is 11.6. The van der Waals surface area contributed by atoms with Gasteiger partial charge in [-0.05, 0) is 35.7 Å². The van der Waals surface area contributed by atoms with Crippen LogP contribution in [0.25, 0.3) is 0 Å². The largest absolute Gasteiger partial charge is 0.435 e. The number of hydrogen-bond donors (Lipinski definition) is 0. The SMILES string of the molecule is Cc1ccccc1CS(=O)Cc1cccc(OC(F)F)c1. The maximum Gasteiger partial charge on any atom is 0.387 e. The van der Waals surface area contributed by atoms with Crippen LogP contribution in [0.3, 0.4) is 0 Å². The second kappa shape index (κ2) is 7.31. The molecule has 2 rings (SSSR count). The van der Waals surface area contributed by atoms with Crippen LogP contribution in [-0.2, 0) is 22.3 Å². The van der Waals surface area contributed by atoms with Crippen LogP contribution >= 0.6 is 0 Å². The molecule has 1 atom stereocenters. The Balaban J connectivity index is 2.01. The number of hydrogen-bond acceptors (Lipinski definition) is 2. The smallest absolute Gasteiger partial charge is 0.387 e. The quantitative estimate of drug-likeness (QED) is 0.805. The van der Waals surface area contributed by atoms with Gasteiger partial charge in [0.05, 0.1) is 0 Å². The van der Waals surface area contributed by atoms with Crippen LogP contribution in [0.2, 0.25) is 0 Å². The standard InChI is InChI=1S/C16H16F2O2S/c1-12-5-2-3-7-14(12)11-21(19)10-13-6-4-8-15(9-13)20-16(17)18/h2-9,16H,10-11H2,1H3. The average Bonchev–Trinajstić information content (AvgIpc) is 2.41. The fraction of sp³-hybridized carbons (Fsp3) is 0.250. The molecular formula is C16H16F2O2S. The maximum absolute atomic E-state index is 12.2. The predicted octanol–water partition coefficient (Wildman–Crippen LogP) is 4.05. The Kier molecular flexibility index (Phi) is 5.44. The molecule has 0 aliphatic heterocycles. The molecule has 0 saturated heterocycles. The Morgan fingerprint density at radius 1 is 1.10 bits per heavy atom. The van der Waals surface area contributed by atoms with E-state index in [0.29, 0.717) is 11.5 Å². The molecule has 0 aliphatic rings. The van der Waals surface area contributed by atoms with Crippen molar-refractivity contribution in [2.75, 3.05) is 0 Å². The van der Waals surface area contributed by atoms with Gasteiger partial charge in [0.15, 0.2) is 0 Å². The topological polar surface area (TPSA) is 26.3 Å². The number of ether oxygens (including phenoxy) is 1. The summed E-state index contributed by atoms with van der Waals surface area (Å²) in [5.74, 6) is 0.858. The number of aryl methyl sites for hydroxylation is 1. The Labute approximate surface area is 125 Å². The van der Waals surface area contributed by atoms with Crippen LogP contribution in [-0.4, -0.2) is 10.8 Å². The number of alkyl halides is 2. The monoisotopic (exact) mass is 310 g/mol. The molecule has 112 valence electrons. The van der Waals surface area contributed by atoms with Crippen LogP contribution < -0.4 is 4.74 Å². The average molecular weight is 310 g/mol. The molecule has 21 heavy (non-hydrogen) atoms. The van der Waals surface area contributed by atoms with Gasteiger partial charge < -0.3 is 4.74 Å². The summed E-state index contributed by atoms with van der Waals surface area (Å²) in [6.07, 6.45) is 0. The van der Waals surface area contributed by atoms with Gasteiger partial charge in [0, 0.05) is 22.3 Å². The van der Waals surface area contributed by atoms with E-state index in [2.05, 4.69) is 4.74 Å². The molecule has 0 saturated carbocycles.